The van der Waals surface area contributed by atoms with Crippen LogP contribution in [0.3, 0.4) is 0 Å². The number of pyridine rings is 1. The first-order valence-electron chi connectivity index (χ1n) is 13.8. The van der Waals surface area contributed by atoms with E-state index in [2.05, 4.69) is 9.72 Å². The maximum absolute atomic E-state index is 13.6. The highest BCUT2D eigenvalue weighted by atomic mass is 19.4. The Morgan fingerprint density at radius 1 is 0.844 bits per heavy atom. The van der Waals surface area contributed by atoms with Crippen LogP contribution in [0.4, 0.5) is 26.3 Å². The lowest BCUT2D eigenvalue weighted by atomic mass is 9.98. The first kappa shape index (κ1) is 31.4. The number of carbonyl (C=O) groups excluding carboxylic acids is 1. The number of esters is 1. The summed E-state index contributed by atoms with van der Waals surface area (Å²) in [6.07, 6.45) is -8.01. The summed E-state index contributed by atoms with van der Waals surface area (Å²) in [5.41, 5.74) is 2.04. The predicted octanol–water partition coefficient (Wildman–Crippen LogP) is 9.24. The van der Waals surface area contributed by atoms with Crippen molar-refractivity contribution in [3.63, 3.8) is 0 Å². The fraction of sp³-hybridized carbons (Fsp3) is 0.212. The molecular weight excluding hydrogens is 602 g/mol. The van der Waals surface area contributed by atoms with E-state index in [1.807, 2.05) is 13.8 Å². The van der Waals surface area contributed by atoms with E-state index in [-0.39, 0.29) is 18.4 Å². The number of fused-ring (bicyclic) bond motifs is 1. The molecule has 2 aromatic heterocycles. The van der Waals surface area contributed by atoms with E-state index < -0.39 is 29.8 Å². The van der Waals surface area contributed by atoms with E-state index in [1.54, 1.807) is 41.8 Å². The monoisotopic (exact) mass is 628 g/mol. The van der Waals surface area contributed by atoms with E-state index in [0.717, 1.165) is 24.3 Å². The lowest BCUT2D eigenvalue weighted by molar-refractivity contribution is -0.274. The first-order valence-corrected chi connectivity index (χ1v) is 13.8. The molecule has 45 heavy (non-hydrogen) atoms. The number of hydrogen-bond acceptors (Lipinski definition) is 5. The van der Waals surface area contributed by atoms with Crippen LogP contribution in [-0.2, 0) is 10.9 Å². The molecule has 234 valence electrons. The third kappa shape index (κ3) is 6.89. The number of alkyl halides is 6. The van der Waals surface area contributed by atoms with Crippen LogP contribution in [-0.4, -0.2) is 34.6 Å². The molecule has 3 aromatic carbocycles. The summed E-state index contributed by atoms with van der Waals surface area (Å²) in [6, 6.07) is 18.1. The molecule has 0 saturated heterocycles. The minimum absolute atomic E-state index is 0.0361. The Morgan fingerprint density at radius 2 is 1.49 bits per heavy atom. The second kappa shape index (κ2) is 12.2. The maximum atomic E-state index is 13.6. The smallest absolute Gasteiger partial charge is 0.475 e. The molecule has 0 aliphatic rings. The molecule has 0 aliphatic carbocycles. The van der Waals surface area contributed by atoms with Gasteiger partial charge in [0.1, 0.15) is 11.4 Å². The van der Waals surface area contributed by atoms with Crippen LogP contribution >= 0.6 is 0 Å². The fourth-order valence-corrected chi connectivity index (χ4v) is 4.91. The zero-order valence-corrected chi connectivity index (χ0v) is 24.2. The second-order valence-corrected chi connectivity index (χ2v) is 10.2. The molecule has 0 atom stereocenters. The van der Waals surface area contributed by atoms with Gasteiger partial charge in [-0.05, 0) is 86.5 Å². The molecule has 0 fully saturated rings. The van der Waals surface area contributed by atoms with E-state index in [9.17, 15) is 31.1 Å². The number of ether oxygens (including phenoxy) is 3. The normalized spacial score (nSPS) is 12.0. The summed E-state index contributed by atoms with van der Waals surface area (Å²) in [5, 5.41) is 0.519. The van der Waals surface area contributed by atoms with Gasteiger partial charge in [0, 0.05) is 34.5 Å². The van der Waals surface area contributed by atoms with Crippen molar-refractivity contribution in [1.29, 1.82) is 0 Å². The van der Waals surface area contributed by atoms with Crippen molar-refractivity contribution < 1.29 is 45.3 Å². The molecule has 0 aliphatic heterocycles. The Bertz CT molecular complexity index is 1810. The molecule has 0 radical (unpaired) electrons. The van der Waals surface area contributed by atoms with Gasteiger partial charge in [-0.15, -0.1) is 13.2 Å². The van der Waals surface area contributed by atoms with Crippen LogP contribution in [0.15, 0.2) is 85.1 Å². The predicted molar refractivity (Wildman–Crippen MR) is 155 cm³/mol. The van der Waals surface area contributed by atoms with Crippen LogP contribution in [0, 0.1) is 0 Å². The molecule has 6 nitrogen and oxygen atoms in total. The zero-order valence-electron chi connectivity index (χ0n) is 24.2. The molecule has 0 amide bonds. The van der Waals surface area contributed by atoms with Gasteiger partial charge >= 0.3 is 18.5 Å². The van der Waals surface area contributed by atoms with Gasteiger partial charge in [0.15, 0.2) is 0 Å². The highest BCUT2D eigenvalue weighted by Gasteiger charge is 2.32. The summed E-state index contributed by atoms with van der Waals surface area (Å²) in [7, 11) is 0. The molecule has 5 aromatic rings. The lowest BCUT2D eigenvalue weighted by Crippen LogP contribution is -2.17. The van der Waals surface area contributed by atoms with Crippen molar-refractivity contribution in [3.8, 4) is 39.6 Å². The highest BCUT2D eigenvalue weighted by Crippen LogP contribution is 2.40. The van der Waals surface area contributed by atoms with Gasteiger partial charge in [-0.25, -0.2) is 9.78 Å². The van der Waals surface area contributed by atoms with Crippen molar-refractivity contribution >= 4 is 16.9 Å². The van der Waals surface area contributed by atoms with Gasteiger partial charge in [0.2, 0.25) is 5.88 Å². The minimum Gasteiger partial charge on any atom is -0.475 e. The van der Waals surface area contributed by atoms with Gasteiger partial charge < -0.3 is 18.8 Å². The number of halogens is 6. The van der Waals surface area contributed by atoms with E-state index in [0.29, 0.717) is 44.7 Å². The Morgan fingerprint density at radius 3 is 2.04 bits per heavy atom. The van der Waals surface area contributed by atoms with Crippen molar-refractivity contribution in [2.24, 2.45) is 0 Å². The van der Waals surface area contributed by atoms with Crippen molar-refractivity contribution in [2.75, 3.05) is 6.61 Å². The van der Waals surface area contributed by atoms with Crippen molar-refractivity contribution in [2.45, 2.75) is 39.4 Å². The summed E-state index contributed by atoms with van der Waals surface area (Å²) in [5.74, 6) is -0.811. The van der Waals surface area contributed by atoms with E-state index >= 15 is 0 Å². The summed E-state index contributed by atoms with van der Waals surface area (Å²) >= 11 is 0. The number of rotatable bonds is 8. The molecular formula is C33H26F6N2O4. The number of nitrogens with zero attached hydrogens (tertiary/aromatic N) is 2. The van der Waals surface area contributed by atoms with Gasteiger partial charge in [-0.1, -0.05) is 18.2 Å². The van der Waals surface area contributed by atoms with Crippen molar-refractivity contribution in [1.82, 2.24) is 9.55 Å². The van der Waals surface area contributed by atoms with Gasteiger partial charge in [-0.3, -0.25) is 0 Å². The standard InChI is InChI=1S/C33H26F6N2O4/c1-4-43-31(42)30-29(22-8-16-28(40-18-22)44-19(2)3)26-17-21(20-5-9-23(10-6-20)32(34,35)36)7-15-27(26)41(30)24-11-13-25(14-12-24)45-33(37,38)39/h5-19H,4H2,1-3H3. The molecule has 0 N–H and O–H groups in total. The van der Waals surface area contributed by atoms with Crippen LogP contribution < -0.4 is 9.47 Å². The minimum atomic E-state index is -4.89. The SMILES string of the molecule is CCOC(=O)c1c(-c2ccc(OC(C)C)nc2)c2cc(-c3ccc(C(F)(F)F)cc3)ccc2n1-c1ccc(OC(F)(F)F)cc1. The molecule has 2 heterocycles. The van der Waals surface area contributed by atoms with Crippen molar-refractivity contribution in [3.05, 3.63) is 96.3 Å². The third-order valence-corrected chi connectivity index (χ3v) is 6.69. The second-order valence-electron chi connectivity index (χ2n) is 10.2. The number of benzene rings is 3. The molecule has 0 unspecified atom stereocenters. The van der Waals surface area contributed by atoms with E-state index in [4.69, 9.17) is 9.47 Å². The van der Waals surface area contributed by atoms with Gasteiger partial charge in [0.05, 0.1) is 23.8 Å². The third-order valence-electron chi connectivity index (χ3n) is 6.69. The number of aromatic nitrogens is 2. The fourth-order valence-electron chi connectivity index (χ4n) is 4.91. The lowest BCUT2D eigenvalue weighted by Gasteiger charge is -2.14. The quantitative estimate of drug-likeness (QED) is 0.127. The number of hydrogen-bond donors (Lipinski definition) is 0. The van der Waals surface area contributed by atoms with Crippen LogP contribution in [0.25, 0.3) is 38.8 Å². The summed E-state index contributed by atoms with van der Waals surface area (Å²) in [4.78, 5) is 18.0. The Kier molecular flexibility index (Phi) is 8.51. The highest BCUT2D eigenvalue weighted by molar-refractivity contribution is 6.10. The summed E-state index contributed by atoms with van der Waals surface area (Å²) in [6.45, 7) is 5.36. The molecule has 0 saturated carbocycles. The van der Waals surface area contributed by atoms with Crippen LogP contribution in [0.1, 0.15) is 36.8 Å². The Balaban J connectivity index is 1.75. The molecule has 0 bridgehead atoms. The molecule has 5 rings (SSSR count). The van der Waals surface area contributed by atoms with E-state index in [1.165, 1.54) is 30.5 Å². The molecule has 0 spiro atoms. The molecule has 12 heteroatoms. The topological polar surface area (TPSA) is 62.6 Å². The Labute approximate surface area is 253 Å². The zero-order chi connectivity index (χ0) is 32.5. The van der Waals surface area contributed by atoms with Crippen LogP contribution in [0.5, 0.6) is 11.6 Å². The summed E-state index contributed by atoms with van der Waals surface area (Å²) < 4.78 is 94.7. The van der Waals surface area contributed by atoms with Crippen LogP contribution in [0.2, 0.25) is 0 Å². The average Bonchev–Trinajstić information content (AvgIpc) is 3.31. The first-order chi connectivity index (χ1) is 21.2. The number of carbonyl (C=O) groups is 1. The average molecular weight is 629 g/mol. The Hall–Kier alpha value is -5.00. The van der Waals surface area contributed by atoms with Gasteiger partial charge in [-0.2, -0.15) is 13.2 Å². The largest absolute Gasteiger partial charge is 0.573 e. The maximum Gasteiger partial charge on any atom is 0.573 e. The van der Waals surface area contributed by atoms with Gasteiger partial charge in [0.25, 0.3) is 0 Å².